The molecule has 10 nitrogen and oxygen atoms in total. The second kappa shape index (κ2) is 11.8. The van der Waals surface area contributed by atoms with Gasteiger partial charge in [-0.05, 0) is 43.7 Å². The number of aromatic nitrogens is 4. The number of fused-ring (bicyclic) bond motifs is 2. The first kappa shape index (κ1) is 27.2. The number of nitrogens with zero attached hydrogens (tertiary/aromatic N) is 4. The van der Waals surface area contributed by atoms with Gasteiger partial charge >= 0.3 is 6.09 Å². The SMILES string of the molecule is COc1cnc2c(-c3nc4cc(F)c(OC[C@@H](C)OC(=O)Nc5ccc(CCO)nc5)cc4s3)cc(C)cc2n1. The summed E-state index contributed by atoms with van der Waals surface area (Å²) < 4.78 is 31.8. The number of anilines is 1. The van der Waals surface area contributed by atoms with E-state index >= 15 is 0 Å². The van der Waals surface area contributed by atoms with Crippen molar-refractivity contribution >= 4 is 44.4 Å². The Morgan fingerprint density at radius 1 is 1.12 bits per heavy atom. The minimum absolute atomic E-state index is 0.00781. The van der Waals surface area contributed by atoms with E-state index in [0.717, 1.165) is 15.8 Å². The lowest BCUT2D eigenvalue weighted by Crippen LogP contribution is -2.25. The molecule has 2 aromatic carbocycles. The van der Waals surface area contributed by atoms with Gasteiger partial charge in [0.1, 0.15) is 17.7 Å². The number of aliphatic hydroxyl groups is 1. The molecule has 3 aromatic heterocycles. The summed E-state index contributed by atoms with van der Waals surface area (Å²) in [6.07, 6.45) is 2.10. The van der Waals surface area contributed by atoms with Crippen molar-refractivity contribution in [2.45, 2.75) is 26.4 Å². The summed E-state index contributed by atoms with van der Waals surface area (Å²) >= 11 is 1.38. The van der Waals surface area contributed by atoms with Crippen LogP contribution in [0, 0.1) is 12.7 Å². The second-order valence-electron chi connectivity index (χ2n) is 9.03. The number of hydrogen-bond donors (Lipinski definition) is 2. The third-order valence-electron chi connectivity index (χ3n) is 5.87. The first-order valence-electron chi connectivity index (χ1n) is 12.4. The molecule has 0 radical (unpaired) electrons. The molecule has 0 saturated carbocycles. The van der Waals surface area contributed by atoms with Crippen molar-refractivity contribution in [1.82, 2.24) is 19.9 Å². The molecule has 5 aromatic rings. The van der Waals surface area contributed by atoms with Crippen LogP contribution in [-0.4, -0.2) is 57.6 Å². The van der Waals surface area contributed by atoms with Gasteiger partial charge in [0.15, 0.2) is 11.6 Å². The minimum atomic E-state index is -0.693. The number of nitrogens with one attached hydrogen (secondary N) is 1. The van der Waals surface area contributed by atoms with Crippen LogP contribution in [0.1, 0.15) is 18.2 Å². The molecule has 40 heavy (non-hydrogen) atoms. The number of amides is 1. The van der Waals surface area contributed by atoms with Gasteiger partial charge in [-0.1, -0.05) is 0 Å². The number of rotatable bonds is 9. The van der Waals surface area contributed by atoms with Crippen molar-refractivity contribution in [1.29, 1.82) is 0 Å². The van der Waals surface area contributed by atoms with Gasteiger partial charge in [0.25, 0.3) is 0 Å². The highest BCUT2D eigenvalue weighted by atomic mass is 32.1. The van der Waals surface area contributed by atoms with Crippen molar-refractivity contribution in [2.75, 3.05) is 25.6 Å². The number of methoxy groups -OCH3 is 1. The molecule has 0 fully saturated rings. The van der Waals surface area contributed by atoms with Crippen molar-refractivity contribution < 1.29 is 28.5 Å². The summed E-state index contributed by atoms with van der Waals surface area (Å²) in [6.45, 7) is 3.53. The fourth-order valence-corrected chi connectivity index (χ4v) is 4.99. The molecule has 5 rings (SSSR count). The van der Waals surface area contributed by atoms with Crippen LogP contribution in [0.2, 0.25) is 0 Å². The van der Waals surface area contributed by atoms with Crippen LogP contribution in [0.5, 0.6) is 11.6 Å². The maximum Gasteiger partial charge on any atom is 0.412 e. The van der Waals surface area contributed by atoms with E-state index in [0.29, 0.717) is 45.2 Å². The quantitative estimate of drug-likeness (QED) is 0.245. The van der Waals surface area contributed by atoms with E-state index in [9.17, 15) is 9.18 Å². The number of ether oxygens (including phenoxy) is 3. The molecular formula is C28H26FN5O5S. The average molecular weight is 564 g/mol. The second-order valence-corrected chi connectivity index (χ2v) is 10.1. The maximum absolute atomic E-state index is 14.9. The first-order valence-corrected chi connectivity index (χ1v) is 13.2. The van der Waals surface area contributed by atoms with Gasteiger partial charge in [-0.15, -0.1) is 11.3 Å². The van der Waals surface area contributed by atoms with Crippen LogP contribution >= 0.6 is 11.3 Å². The van der Waals surface area contributed by atoms with Gasteiger partial charge in [0.2, 0.25) is 5.88 Å². The summed E-state index contributed by atoms with van der Waals surface area (Å²) in [4.78, 5) is 30.0. The predicted octanol–water partition coefficient (Wildman–Crippen LogP) is 5.31. The Bertz CT molecular complexity index is 1680. The topological polar surface area (TPSA) is 129 Å². The van der Waals surface area contributed by atoms with Crippen LogP contribution in [0.3, 0.4) is 0 Å². The van der Waals surface area contributed by atoms with Gasteiger partial charge < -0.3 is 19.3 Å². The number of aliphatic hydroxyl groups excluding tert-OH is 1. The standard InChI is InChI=1S/C28H26FN5O5S/c1-15-8-19(26-22(9-15)33-25(37-3)13-31-26)27-34-21-10-20(29)23(11-24(21)40-27)38-14-16(2)39-28(36)32-18-5-4-17(6-7-35)30-12-18/h4-5,8-13,16,35H,6-7,14H2,1-3H3,(H,32,36)/t16-/m1/s1. The fourth-order valence-electron chi connectivity index (χ4n) is 4.00. The molecule has 0 aliphatic heterocycles. The maximum atomic E-state index is 14.9. The predicted molar refractivity (Wildman–Crippen MR) is 149 cm³/mol. The zero-order valence-electron chi connectivity index (χ0n) is 22.0. The van der Waals surface area contributed by atoms with E-state index < -0.39 is 18.0 Å². The zero-order valence-corrected chi connectivity index (χ0v) is 22.8. The Hall–Kier alpha value is -4.42. The van der Waals surface area contributed by atoms with Gasteiger partial charge in [-0.3, -0.25) is 10.3 Å². The van der Waals surface area contributed by atoms with Gasteiger partial charge in [0.05, 0.1) is 46.4 Å². The number of carbonyl (C=O) groups is 1. The summed E-state index contributed by atoms with van der Waals surface area (Å²) in [5.41, 5.74) is 4.76. The lowest BCUT2D eigenvalue weighted by molar-refractivity contribution is 0.0844. The van der Waals surface area contributed by atoms with Crippen molar-refractivity contribution in [2.24, 2.45) is 0 Å². The Kier molecular flexibility index (Phi) is 7.99. The highest BCUT2D eigenvalue weighted by Gasteiger charge is 2.17. The van der Waals surface area contributed by atoms with Crippen LogP contribution in [-0.2, 0) is 11.2 Å². The van der Waals surface area contributed by atoms with Gasteiger partial charge in [-0.2, -0.15) is 0 Å². The van der Waals surface area contributed by atoms with E-state index in [1.54, 1.807) is 31.3 Å². The molecule has 0 saturated heterocycles. The summed E-state index contributed by atoms with van der Waals surface area (Å²) in [7, 11) is 1.54. The van der Waals surface area contributed by atoms with E-state index in [-0.39, 0.29) is 19.0 Å². The first-order chi connectivity index (χ1) is 19.3. The molecule has 3 heterocycles. The molecule has 1 atom stereocenters. The average Bonchev–Trinajstić information content (AvgIpc) is 3.34. The third kappa shape index (κ3) is 6.08. The molecule has 1 amide bonds. The number of pyridine rings is 1. The Morgan fingerprint density at radius 2 is 1.98 bits per heavy atom. The van der Waals surface area contributed by atoms with Crippen LogP contribution in [0.4, 0.5) is 14.9 Å². The molecule has 206 valence electrons. The molecule has 0 bridgehead atoms. The molecule has 0 spiro atoms. The number of hydrogen-bond acceptors (Lipinski definition) is 10. The third-order valence-corrected chi connectivity index (χ3v) is 6.92. The Balaban J connectivity index is 1.27. The van der Waals surface area contributed by atoms with Crippen LogP contribution in [0.15, 0.2) is 48.8 Å². The molecule has 0 aliphatic rings. The Labute approximate surface area is 232 Å². The number of halogens is 1. The van der Waals surface area contributed by atoms with E-state index in [4.69, 9.17) is 19.3 Å². The smallest absolute Gasteiger partial charge is 0.412 e. The van der Waals surface area contributed by atoms with E-state index in [1.165, 1.54) is 30.7 Å². The van der Waals surface area contributed by atoms with Crippen molar-refractivity contribution in [3.63, 3.8) is 0 Å². The highest BCUT2D eigenvalue weighted by Crippen LogP contribution is 2.37. The summed E-state index contributed by atoms with van der Waals surface area (Å²) in [5.74, 6) is -0.132. The number of aryl methyl sites for hydroxylation is 1. The molecule has 0 aliphatic carbocycles. The summed E-state index contributed by atoms with van der Waals surface area (Å²) in [5, 5.41) is 12.2. The van der Waals surface area contributed by atoms with Gasteiger partial charge in [-0.25, -0.2) is 24.1 Å². The molecule has 0 unspecified atom stereocenters. The monoisotopic (exact) mass is 563 g/mol. The van der Waals surface area contributed by atoms with Crippen molar-refractivity contribution in [3.05, 3.63) is 65.9 Å². The van der Waals surface area contributed by atoms with Crippen molar-refractivity contribution in [3.8, 4) is 22.2 Å². The van der Waals surface area contributed by atoms with Gasteiger partial charge in [0, 0.05) is 36.4 Å². The Morgan fingerprint density at radius 3 is 2.73 bits per heavy atom. The minimum Gasteiger partial charge on any atom is -0.487 e. The highest BCUT2D eigenvalue weighted by molar-refractivity contribution is 7.21. The molecular weight excluding hydrogens is 537 g/mol. The van der Waals surface area contributed by atoms with E-state index in [1.807, 2.05) is 19.1 Å². The molecule has 12 heteroatoms. The fraction of sp³-hybridized carbons (Fsp3) is 0.250. The number of thiazole rings is 1. The lowest BCUT2D eigenvalue weighted by Gasteiger charge is -2.15. The number of carbonyl (C=O) groups excluding carboxylic acids is 1. The lowest BCUT2D eigenvalue weighted by atomic mass is 10.1. The summed E-state index contributed by atoms with van der Waals surface area (Å²) in [6, 6.07) is 10.2. The van der Waals surface area contributed by atoms with Crippen LogP contribution < -0.4 is 14.8 Å². The zero-order chi connectivity index (χ0) is 28.2. The number of benzene rings is 2. The normalized spacial score (nSPS) is 11.9. The largest absolute Gasteiger partial charge is 0.487 e. The van der Waals surface area contributed by atoms with Crippen LogP contribution in [0.25, 0.3) is 31.8 Å². The van der Waals surface area contributed by atoms with E-state index in [2.05, 4.69) is 25.3 Å². The molecule has 2 N–H and O–H groups in total.